The first kappa shape index (κ1) is 17.8. The van der Waals surface area contributed by atoms with Crippen LogP contribution in [-0.4, -0.2) is 35.4 Å². The van der Waals surface area contributed by atoms with Gasteiger partial charge in [0.25, 0.3) is 5.91 Å². The van der Waals surface area contributed by atoms with E-state index in [2.05, 4.69) is 5.32 Å². The predicted octanol–water partition coefficient (Wildman–Crippen LogP) is 3.91. The number of carbonyl (C=O) groups is 2. The summed E-state index contributed by atoms with van der Waals surface area (Å²) in [6.45, 7) is -0.170. The van der Waals surface area contributed by atoms with Gasteiger partial charge in [-0.25, -0.2) is 0 Å². The Labute approximate surface area is 155 Å². The first-order valence-electron chi connectivity index (χ1n) is 7.97. The molecule has 132 valence electrons. The van der Waals surface area contributed by atoms with E-state index in [4.69, 9.17) is 11.6 Å². The number of fused-ring (bicyclic) bond motifs is 1. The summed E-state index contributed by atoms with van der Waals surface area (Å²) in [5.41, 5.74) is 0.630. The van der Waals surface area contributed by atoms with Crippen molar-refractivity contribution in [1.29, 1.82) is 0 Å². The molecule has 0 radical (unpaired) electrons. The number of benzene rings is 3. The minimum atomic E-state index is -0.442. The van der Waals surface area contributed by atoms with Crippen molar-refractivity contribution in [3.63, 3.8) is 0 Å². The Hall–Kier alpha value is -3.05. The molecule has 0 aliphatic carbocycles. The van der Waals surface area contributed by atoms with E-state index in [0.29, 0.717) is 10.7 Å². The van der Waals surface area contributed by atoms with E-state index < -0.39 is 5.91 Å². The lowest BCUT2D eigenvalue weighted by Gasteiger charge is -2.18. The molecule has 0 atom stereocenters. The number of likely N-dealkylation sites (N-methyl/N-ethyl adjacent to an activating group) is 1. The monoisotopic (exact) mass is 368 g/mol. The van der Waals surface area contributed by atoms with Gasteiger partial charge >= 0.3 is 0 Å². The van der Waals surface area contributed by atoms with Crippen molar-refractivity contribution in [1.82, 2.24) is 4.90 Å². The molecule has 0 saturated carbocycles. The highest BCUT2D eigenvalue weighted by Crippen LogP contribution is 2.26. The second-order valence-corrected chi connectivity index (χ2v) is 6.31. The van der Waals surface area contributed by atoms with Crippen molar-refractivity contribution in [3.05, 3.63) is 71.2 Å². The van der Waals surface area contributed by atoms with Crippen LogP contribution in [0.15, 0.2) is 60.7 Å². The average Bonchev–Trinajstić information content (AvgIpc) is 2.62. The highest BCUT2D eigenvalue weighted by molar-refractivity contribution is 6.33. The third-order valence-electron chi connectivity index (χ3n) is 3.97. The van der Waals surface area contributed by atoms with E-state index >= 15 is 0 Å². The normalized spacial score (nSPS) is 10.5. The number of amides is 2. The standard InChI is InChI=1S/C20H17ClN2O3/c1-23(12-19(25)22-17-9-5-4-8-16(17)21)20(26)15-10-13-6-2-3-7-14(13)11-18(15)24/h2-11,24H,12H2,1H3,(H,22,25). The molecule has 0 unspecified atom stereocenters. The summed E-state index contributed by atoms with van der Waals surface area (Å²) in [5.74, 6) is -0.941. The van der Waals surface area contributed by atoms with Crippen LogP contribution in [0.4, 0.5) is 5.69 Å². The largest absolute Gasteiger partial charge is 0.507 e. The van der Waals surface area contributed by atoms with Crippen LogP contribution in [0.25, 0.3) is 10.8 Å². The number of para-hydroxylation sites is 1. The Morgan fingerprint density at radius 3 is 2.35 bits per heavy atom. The van der Waals surface area contributed by atoms with Crippen molar-refractivity contribution in [2.75, 3.05) is 18.9 Å². The van der Waals surface area contributed by atoms with Gasteiger partial charge in [0.2, 0.25) is 5.91 Å². The lowest BCUT2D eigenvalue weighted by Crippen LogP contribution is -2.35. The second-order valence-electron chi connectivity index (χ2n) is 5.91. The molecule has 2 amide bonds. The van der Waals surface area contributed by atoms with Crippen LogP contribution in [0, 0.1) is 0 Å². The average molecular weight is 369 g/mol. The fourth-order valence-corrected chi connectivity index (χ4v) is 2.83. The van der Waals surface area contributed by atoms with Crippen LogP contribution < -0.4 is 5.32 Å². The number of phenolic OH excluding ortho intramolecular Hbond substituents is 1. The molecular weight excluding hydrogens is 352 g/mol. The number of halogens is 1. The first-order valence-corrected chi connectivity index (χ1v) is 8.35. The van der Waals surface area contributed by atoms with Crippen LogP contribution in [0.1, 0.15) is 10.4 Å². The number of phenols is 1. The smallest absolute Gasteiger partial charge is 0.257 e. The molecule has 0 fully saturated rings. The highest BCUT2D eigenvalue weighted by atomic mass is 35.5. The number of hydrogen-bond acceptors (Lipinski definition) is 3. The van der Waals surface area contributed by atoms with Crippen molar-refractivity contribution >= 4 is 39.9 Å². The zero-order valence-corrected chi connectivity index (χ0v) is 14.8. The van der Waals surface area contributed by atoms with Crippen LogP contribution in [0.3, 0.4) is 0 Å². The van der Waals surface area contributed by atoms with E-state index in [0.717, 1.165) is 10.8 Å². The molecule has 0 spiro atoms. The Balaban J connectivity index is 1.74. The lowest BCUT2D eigenvalue weighted by molar-refractivity contribution is -0.116. The van der Waals surface area contributed by atoms with E-state index in [9.17, 15) is 14.7 Å². The maximum Gasteiger partial charge on any atom is 0.257 e. The quantitative estimate of drug-likeness (QED) is 0.733. The van der Waals surface area contributed by atoms with E-state index in [1.54, 1.807) is 36.4 Å². The number of aromatic hydroxyl groups is 1. The summed E-state index contributed by atoms with van der Waals surface area (Å²) in [5, 5.41) is 14.9. The number of rotatable bonds is 4. The molecule has 0 aliphatic heterocycles. The molecule has 6 heteroatoms. The summed E-state index contributed by atoms with van der Waals surface area (Å²) in [6.07, 6.45) is 0. The molecule has 3 aromatic rings. The number of carbonyl (C=O) groups excluding carboxylic acids is 2. The molecule has 0 saturated heterocycles. The van der Waals surface area contributed by atoms with Gasteiger partial charge in [0.05, 0.1) is 22.8 Å². The third-order valence-corrected chi connectivity index (χ3v) is 4.30. The van der Waals surface area contributed by atoms with Gasteiger partial charge in [0.1, 0.15) is 5.75 Å². The Morgan fingerprint density at radius 2 is 1.65 bits per heavy atom. The molecule has 26 heavy (non-hydrogen) atoms. The molecule has 3 aromatic carbocycles. The van der Waals surface area contributed by atoms with Crippen molar-refractivity contribution < 1.29 is 14.7 Å². The van der Waals surface area contributed by atoms with Gasteiger partial charge in [-0.1, -0.05) is 48.0 Å². The predicted molar refractivity (Wildman–Crippen MR) is 103 cm³/mol. The number of hydrogen-bond donors (Lipinski definition) is 2. The van der Waals surface area contributed by atoms with E-state index in [-0.39, 0.29) is 23.8 Å². The van der Waals surface area contributed by atoms with Crippen LogP contribution in [0.5, 0.6) is 5.75 Å². The van der Waals surface area contributed by atoms with Gasteiger partial charge in [-0.2, -0.15) is 0 Å². The minimum absolute atomic E-state index is 0.118. The van der Waals surface area contributed by atoms with E-state index in [1.807, 2.05) is 24.3 Å². The van der Waals surface area contributed by atoms with Gasteiger partial charge in [-0.05, 0) is 35.0 Å². The number of nitrogens with one attached hydrogen (secondary N) is 1. The number of nitrogens with zero attached hydrogens (tertiary/aromatic N) is 1. The first-order chi connectivity index (χ1) is 12.5. The van der Waals surface area contributed by atoms with Gasteiger partial charge in [0.15, 0.2) is 0 Å². The third kappa shape index (κ3) is 3.78. The molecule has 5 nitrogen and oxygen atoms in total. The maximum atomic E-state index is 12.6. The fraction of sp³-hybridized carbons (Fsp3) is 0.100. The molecule has 0 bridgehead atoms. The van der Waals surface area contributed by atoms with Crippen LogP contribution >= 0.6 is 11.6 Å². The Bertz CT molecular complexity index is 988. The summed E-state index contributed by atoms with van der Waals surface area (Å²) in [6, 6.07) is 17.4. The highest BCUT2D eigenvalue weighted by Gasteiger charge is 2.19. The zero-order valence-electron chi connectivity index (χ0n) is 14.1. The van der Waals surface area contributed by atoms with Gasteiger partial charge in [-0.3, -0.25) is 9.59 Å². The molecule has 0 aromatic heterocycles. The zero-order chi connectivity index (χ0) is 18.7. The van der Waals surface area contributed by atoms with Crippen LogP contribution in [0.2, 0.25) is 5.02 Å². The Morgan fingerprint density at radius 1 is 1.04 bits per heavy atom. The van der Waals surface area contributed by atoms with Gasteiger partial charge in [0, 0.05) is 7.05 Å². The fourth-order valence-electron chi connectivity index (χ4n) is 2.64. The molecular formula is C20H17ClN2O3. The summed E-state index contributed by atoms with van der Waals surface area (Å²) in [7, 11) is 1.50. The number of anilines is 1. The van der Waals surface area contributed by atoms with Crippen molar-refractivity contribution in [2.24, 2.45) is 0 Å². The topological polar surface area (TPSA) is 69.6 Å². The second kappa shape index (κ2) is 7.45. The van der Waals surface area contributed by atoms with Gasteiger partial charge < -0.3 is 15.3 Å². The van der Waals surface area contributed by atoms with Crippen LogP contribution in [-0.2, 0) is 4.79 Å². The maximum absolute atomic E-state index is 12.6. The van der Waals surface area contributed by atoms with Gasteiger partial charge in [-0.15, -0.1) is 0 Å². The molecule has 0 heterocycles. The molecule has 0 aliphatic rings. The van der Waals surface area contributed by atoms with Crippen molar-refractivity contribution in [2.45, 2.75) is 0 Å². The lowest BCUT2D eigenvalue weighted by atomic mass is 10.1. The molecule has 3 rings (SSSR count). The minimum Gasteiger partial charge on any atom is -0.507 e. The summed E-state index contributed by atoms with van der Waals surface area (Å²) >= 11 is 6.01. The summed E-state index contributed by atoms with van der Waals surface area (Å²) in [4.78, 5) is 26.1. The van der Waals surface area contributed by atoms with Crippen molar-refractivity contribution in [3.8, 4) is 5.75 Å². The SMILES string of the molecule is CN(CC(=O)Nc1ccccc1Cl)C(=O)c1cc2ccccc2cc1O. The molecule has 2 N–H and O–H groups in total. The van der Waals surface area contributed by atoms with E-state index in [1.165, 1.54) is 11.9 Å². The Kier molecular flexibility index (Phi) is 5.09. The summed E-state index contributed by atoms with van der Waals surface area (Å²) < 4.78 is 0.